The van der Waals surface area contributed by atoms with Gasteiger partial charge in [-0.15, -0.1) is 5.43 Å². The Balaban J connectivity index is 1.74. The molecule has 9 heteroatoms. The fraction of sp³-hybridized carbons (Fsp3) is 0.421. The molecule has 0 saturated carbocycles. The van der Waals surface area contributed by atoms with Crippen molar-refractivity contribution in [3.63, 3.8) is 0 Å². The molecule has 146 valence electrons. The van der Waals surface area contributed by atoms with Crippen LogP contribution in [0.4, 0.5) is 4.39 Å². The van der Waals surface area contributed by atoms with E-state index in [1.807, 2.05) is 6.07 Å². The molecule has 0 spiro atoms. The number of aromatic amines is 1. The van der Waals surface area contributed by atoms with E-state index in [0.717, 1.165) is 0 Å². The Kier molecular flexibility index (Phi) is 5.40. The summed E-state index contributed by atoms with van der Waals surface area (Å²) in [5.41, 5.74) is 3.44. The number of fused-ring (bicyclic) bond motifs is 1. The second kappa shape index (κ2) is 7.76. The van der Waals surface area contributed by atoms with E-state index in [0.29, 0.717) is 34.2 Å². The van der Waals surface area contributed by atoms with Crippen LogP contribution >= 0.6 is 0 Å². The predicted octanol–water partition coefficient (Wildman–Crippen LogP) is 1.36. The van der Waals surface area contributed by atoms with Crippen LogP contribution in [0.1, 0.15) is 30.9 Å². The summed E-state index contributed by atoms with van der Waals surface area (Å²) < 4.78 is 13.5. The zero-order valence-electron chi connectivity index (χ0n) is 15.6. The molecule has 2 aromatic rings. The van der Waals surface area contributed by atoms with Crippen molar-refractivity contribution in [3.05, 3.63) is 50.4 Å². The SMILES string of the molecule is Cc1c(CC(=O)NC(C)C2CCC(C#N)N[N+]2=O)c(=O)[nH]c2ccc(F)cc12. The summed E-state index contributed by atoms with van der Waals surface area (Å²) in [4.78, 5) is 40.1. The topological polar surface area (TPSA) is 118 Å². The molecule has 1 aromatic heterocycles. The summed E-state index contributed by atoms with van der Waals surface area (Å²) in [6.45, 7) is 3.38. The van der Waals surface area contributed by atoms with Crippen molar-refractivity contribution in [1.82, 2.24) is 15.7 Å². The fourth-order valence-corrected chi connectivity index (χ4v) is 3.56. The number of pyridine rings is 1. The third-order valence-electron chi connectivity index (χ3n) is 5.15. The Morgan fingerprint density at radius 1 is 1.46 bits per heavy atom. The molecule has 1 fully saturated rings. The van der Waals surface area contributed by atoms with Gasteiger partial charge in [0, 0.05) is 22.9 Å². The Morgan fingerprint density at radius 3 is 2.89 bits per heavy atom. The molecule has 28 heavy (non-hydrogen) atoms. The molecule has 8 nitrogen and oxygen atoms in total. The maximum absolute atomic E-state index is 13.5. The van der Waals surface area contributed by atoms with E-state index in [1.165, 1.54) is 18.2 Å². The summed E-state index contributed by atoms with van der Waals surface area (Å²) in [6.07, 6.45) is 0.790. The van der Waals surface area contributed by atoms with Gasteiger partial charge in [-0.3, -0.25) is 9.59 Å². The first-order valence-corrected chi connectivity index (χ1v) is 9.02. The summed E-state index contributed by atoms with van der Waals surface area (Å²) in [6, 6.07) is 4.53. The van der Waals surface area contributed by atoms with Crippen molar-refractivity contribution in [2.24, 2.45) is 0 Å². The number of hydrogen-bond donors (Lipinski definition) is 3. The van der Waals surface area contributed by atoms with Crippen molar-refractivity contribution in [2.75, 3.05) is 0 Å². The largest absolute Gasteiger partial charge is 0.346 e. The molecule has 0 bridgehead atoms. The number of nitrogens with zero attached hydrogens (tertiary/aromatic N) is 2. The Morgan fingerprint density at radius 2 is 2.21 bits per heavy atom. The average Bonchev–Trinajstić information content (AvgIpc) is 2.65. The van der Waals surface area contributed by atoms with Gasteiger partial charge < -0.3 is 10.3 Å². The molecule has 3 atom stereocenters. The van der Waals surface area contributed by atoms with E-state index in [-0.39, 0.29) is 12.0 Å². The molecular weight excluding hydrogens is 365 g/mol. The number of nitriles is 1. The molecule has 1 amide bonds. The quantitative estimate of drug-likeness (QED) is 0.686. The third kappa shape index (κ3) is 3.86. The average molecular weight is 386 g/mol. The Labute approximate surface area is 160 Å². The first-order valence-electron chi connectivity index (χ1n) is 9.02. The van der Waals surface area contributed by atoms with Gasteiger partial charge in [0.1, 0.15) is 10.7 Å². The van der Waals surface area contributed by atoms with E-state index in [9.17, 15) is 18.9 Å². The lowest BCUT2D eigenvalue weighted by Crippen LogP contribution is -2.55. The van der Waals surface area contributed by atoms with E-state index >= 15 is 0 Å². The van der Waals surface area contributed by atoms with Gasteiger partial charge in [0.15, 0.2) is 6.04 Å². The van der Waals surface area contributed by atoms with Gasteiger partial charge >= 0.3 is 0 Å². The second-order valence-corrected chi connectivity index (χ2v) is 7.06. The van der Waals surface area contributed by atoms with Crippen LogP contribution in [0.15, 0.2) is 23.0 Å². The molecule has 0 radical (unpaired) electrons. The number of halogens is 1. The van der Waals surface area contributed by atoms with Crippen molar-refractivity contribution in [1.29, 1.82) is 5.26 Å². The summed E-state index contributed by atoms with van der Waals surface area (Å²) in [5, 5.41) is 12.2. The van der Waals surface area contributed by atoms with Gasteiger partial charge in [0.2, 0.25) is 5.91 Å². The van der Waals surface area contributed by atoms with E-state index in [4.69, 9.17) is 5.26 Å². The highest BCUT2D eigenvalue weighted by atomic mass is 19.1. The van der Waals surface area contributed by atoms with Gasteiger partial charge in [-0.2, -0.15) is 5.26 Å². The molecule has 1 saturated heterocycles. The highest BCUT2D eigenvalue weighted by Gasteiger charge is 2.39. The van der Waals surface area contributed by atoms with Crippen LogP contribution in [0, 0.1) is 29.0 Å². The zero-order valence-corrected chi connectivity index (χ0v) is 15.6. The molecule has 1 aromatic carbocycles. The number of H-pyrrole nitrogens is 1. The maximum Gasteiger partial charge on any atom is 0.254 e. The lowest BCUT2D eigenvalue weighted by molar-refractivity contribution is -0.656. The van der Waals surface area contributed by atoms with E-state index < -0.39 is 35.4 Å². The molecule has 1 aliphatic heterocycles. The van der Waals surface area contributed by atoms with Crippen LogP contribution < -0.4 is 16.3 Å². The second-order valence-electron chi connectivity index (χ2n) is 7.06. The van der Waals surface area contributed by atoms with Crippen molar-refractivity contribution in [3.8, 4) is 6.07 Å². The van der Waals surface area contributed by atoms with Gasteiger partial charge in [-0.05, 0) is 44.0 Å². The lowest BCUT2D eigenvalue weighted by Gasteiger charge is -2.23. The highest BCUT2D eigenvalue weighted by Crippen LogP contribution is 2.19. The maximum atomic E-state index is 13.5. The number of benzene rings is 1. The minimum absolute atomic E-state index is 0.183. The number of hydrogen-bond acceptors (Lipinski definition) is 4. The number of hydrazine groups is 1. The number of carbonyl (C=O) groups excluding carboxylic acids is 1. The predicted molar refractivity (Wildman–Crippen MR) is 99.8 cm³/mol. The first kappa shape index (κ1) is 19.5. The fourth-order valence-electron chi connectivity index (χ4n) is 3.56. The molecule has 3 rings (SSSR count). The monoisotopic (exact) mass is 386 g/mol. The standard InChI is InChI=1S/C19H20FN5O3/c1-10-14-7-12(20)3-5-16(14)23-19(27)15(10)8-18(26)22-11(2)17-6-4-13(9-21)24-25(17)28/h3,5,7,11,13,17H,4,6,8H2,1-2H3,(H2-,22,23,24,26,27,28)/p+1. The Hall–Kier alpha value is -3.28. The Bertz CT molecular complexity index is 1040. The minimum atomic E-state index is -0.532. The zero-order chi connectivity index (χ0) is 20.4. The van der Waals surface area contributed by atoms with Crippen LogP contribution in [0.3, 0.4) is 0 Å². The number of aromatic nitrogens is 1. The molecule has 2 heterocycles. The van der Waals surface area contributed by atoms with Gasteiger partial charge in [-0.25, -0.2) is 4.39 Å². The highest BCUT2D eigenvalue weighted by molar-refractivity contribution is 5.85. The number of nitrogens with one attached hydrogen (secondary N) is 3. The molecule has 3 unspecified atom stereocenters. The van der Waals surface area contributed by atoms with Crippen LogP contribution in [0.25, 0.3) is 10.9 Å². The molecular formula is C19H21FN5O3+. The van der Waals surface area contributed by atoms with Crippen molar-refractivity contribution < 1.29 is 14.1 Å². The van der Waals surface area contributed by atoms with Gasteiger partial charge in [-0.1, -0.05) is 0 Å². The molecule has 1 aliphatic rings. The normalized spacial score (nSPS) is 20.3. The first-order chi connectivity index (χ1) is 13.3. The van der Waals surface area contributed by atoms with E-state index in [2.05, 4.69) is 15.7 Å². The summed E-state index contributed by atoms with van der Waals surface area (Å²) in [7, 11) is 0. The minimum Gasteiger partial charge on any atom is -0.346 e. The summed E-state index contributed by atoms with van der Waals surface area (Å²) in [5.74, 6) is -0.838. The number of amides is 1. The van der Waals surface area contributed by atoms with E-state index in [1.54, 1.807) is 13.8 Å². The third-order valence-corrected chi connectivity index (χ3v) is 5.15. The number of aryl methyl sites for hydroxylation is 1. The smallest absolute Gasteiger partial charge is 0.254 e. The van der Waals surface area contributed by atoms with Crippen LogP contribution in [0.5, 0.6) is 0 Å². The number of carbonyl (C=O) groups is 1. The van der Waals surface area contributed by atoms with Crippen molar-refractivity contribution in [2.45, 2.75) is 51.2 Å². The van der Waals surface area contributed by atoms with Crippen LogP contribution in [-0.4, -0.2) is 33.9 Å². The van der Waals surface area contributed by atoms with Gasteiger partial charge in [0.25, 0.3) is 11.6 Å². The molecule has 0 aliphatic carbocycles. The number of rotatable bonds is 4. The summed E-state index contributed by atoms with van der Waals surface area (Å²) >= 11 is 0. The molecule has 3 N–H and O–H groups in total. The van der Waals surface area contributed by atoms with Crippen LogP contribution in [0.2, 0.25) is 0 Å². The lowest BCUT2D eigenvalue weighted by atomic mass is 9.98. The van der Waals surface area contributed by atoms with Gasteiger partial charge in [0.05, 0.1) is 23.4 Å². The van der Waals surface area contributed by atoms with Crippen LogP contribution in [-0.2, 0) is 11.2 Å². The number of nitroso groups, excluding NO2 is 1. The van der Waals surface area contributed by atoms with Crippen molar-refractivity contribution >= 4 is 16.8 Å².